The second-order valence-corrected chi connectivity index (χ2v) is 12.5. The molecular weight excluding hydrogens is 512 g/mol. The molecule has 0 aromatic carbocycles. The minimum Gasteiger partial charge on any atom is -0.462 e. The predicted octanol–water partition coefficient (Wildman–Crippen LogP) is 6.50. The molecule has 1 atom stereocenters. The topological polar surface area (TPSA) is 105 Å². The molecule has 40 heavy (non-hydrogen) atoms. The molecular formula is C32H50O8. The van der Waals surface area contributed by atoms with E-state index in [0.717, 1.165) is 89.9 Å². The van der Waals surface area contributed by atoms with Crippen LogP contribution in [0.3, 0.4) is 0 Å². The Morgan fingerprint density at radius 1 is 0.500 bits per heavy atom. The SMILES string of the molecule is CCC(C(=O)OC1CCCCC1)C(C(=O)OC1CCCCC1)(C(=O)OC1CCCCC1)C(=O)OC1CCCCC1. The van der Waals surface area contributed by atoms with E-state index >= 15 is 0 Å². The van der Waals surface area contributed by atoms with Crippen LogP contribution in [0.25, 0.3) is 0 Å². The maximum Gasteiger partial charge on any atom is 0.336 e. The van der Waals surface area contributed by atoms with E-state index in [4.69, 9.17) is 18.9 Å². The molecule has 4 saturated carbocycles. The highest BCUT2D eigenvalue weighted by atomic mass is 16.6. The lowest BCUT2D eigenvalue weighted by molar-refractivity contribution is -0.203. The third-order valence-electron chi connectivity index (χ3n) is 9.49. The summed E-state index contributed by atoms with van der Waals surface area (Å²) in [6.45, 7) is 1.71. The Morgan fingerprint density at radius 2 is 0.775 bits per heavy atom. The lowest BCUT2D eigenvalue weighted by Crippen LogP contribution is -2.58. The normalized spacial score (nSPS) is 23.1. The van der Waals surface area contributed by atoms with E-state index in [1.165, 1.54) is 0 Å². The third-order valence-corrected chi connectivity index (χ3v) is 9.49. The summed E-state index contributed by atoms with van der Waals surface area (Å²) in [7, 11) is 0. The Labute approximate surface area is 239 Å². The van der Waals surface area contributed by atoms with E-state index < -0.39 is 53.5 Å². The number of carbonyl (C=O) groups is 4. The molecule has 8 heteroatoms. The van der Waals surface area contributed by atoms with Gasteiger partial charge in [-0.05, 0) is 109 Å². The fourth-order valence-electron chi connectivity index (χ4n) is 7.04. The van der Waals surface area contributed by atoms with Gasteiger partial charge in [0.25, 0.3) is 5.41 Å². The molecule has 8 nitrogen and oxygen atoms in total. The molecule has 1 unspecified atom stereocenters. The van der Waals surface area contributed by atoms with Crippen molar-refractivity contribution in [2.24, 2.45) is 11.3 Å². The number of hydrogen-bond donors (Lipinski definition) is 0. The van der Waals surface area contributed by atoms with Crippen LogP contribution in [0.15, 0.2) is 0 Å². The van der Waals surface area contributed by atoms with E-state index in [-0.39, 0.29) is 12.5 Å². The molecule has 0 radical (unpaired) electrons. The highest BCUT2D eigenvalue weighted by molar-refractivity contribution is 6.20. The van der Waals surface area contributed by atoms with Crippen molar-refractivity contribution in [2.75, 3.05) is 0 Å². The monoisotopic (exact) mass is 562 g/mol. The predicted molar refractivity (Wildman–Crippen MR) is 148 cm³/mol. The van der Waals surface area contributed by atoms with Crippen molar-refractivity contribution in [1.82, 2.24) is 0 Å². The maximum absolute atomic E-state index is 14.3. The second-order valence-electron chi connectivity index (χ2n) is 12.5. The Bertz CT molecular complexity index is 766. The van der Waals surface area contributed by atoms with E-state index in [1.54, 1.807) is 6.92 Å². The highest BCUT2D eigenvalue weighted by Crippen LogP contribution is 2.41. The third kappa shape index (κ3) is 7.58. The molecule has 0 amide bonds. The fourth-order valence-corrected chi connectivity index (χ4v) is 7.04. The van der Waals surface area contributed by atoms with Crippen LogP contribution in [0.5, 0.6) is 0 Å². The molecule has 0 aliphatic heterocycles. The molecule has 0 spiro atoms. The summed E-state index contributed by atoms with van der Waals surface area (Å²) in [6, 6.07) is 0. The van der Waals surface area contributed by atoms with Crippen LogP contribution in [-0.4, -0.2) is 48.3 Å². The van der Waals surface area contributed by atoms with Gasteiger partial charge in [0.1, 0.15) is 24.4 Å². The van der Waals surface area contributed by atoms with Crippen LogP contribution < -0.4 is 0 Å². The van der Waals surface area contributed by atoms with Crippen molar-refractivity contribution >= 4 is 23.9 Å². The van der Waals surface area contributed by atoms with Gasteiger partial charge in [-0.25, -0.2) is 0 Å². The smallest absolute Gasteiger partial charge is 0.336 e. The molecule has 4 aliphatic carbocycles. The number of rotatable bonds is 10. The Morgan fingerprint density at radius 3 is 1.05 bits per heavy atom. The van der Waals surface area contributed by atoms with Gasteiger partial charge in [0.05, 0.1) is 5.92 Å². The van der Waals surface area contributed by atoms with Crippen LogP contribution >= 0.6 is 0 Å². The first kappa shape index (κ1) is 30.8. The number of carbonyl (C=O) groups excluding carboxylic acids is 4. The van der Waals surface area contributed by atoms with Gasteiger partial charge in [-0.15, -0.1) is 0 Å². The van der Waals surface area contributed by atoms with Crippen molar-refractivity contribution in [3.05, 3.63) is 0 Å². The largest absolute Gasteiger partial charge is 0.462 e. The zero-order valence-electron chi connectivity index (χ0n) is 24.5. The number of ether oxygens (including phenoxy) is 4. The molecule has 0 saturated heterocycles. The minimum atomic E-state index is -2.53. The Balaban J connectivity index is 1.69. The summed E-state index contributed by atoms with van der Waals surface area (Å²) in [6.07, 6.45) is 15.6. The number of hydrogen-bond acceptors (Lipinski definition) is 8. The molecule has 0 N–H and O–H groups in total. The van der Waals surface area contributed by atoms with Gasteiger partial charge >= 0.3 is 23.9 Å². The van der Waals surface area contributed by atoms with Crippen LogP contribution in [-0.2, 0) is 38.1 Å². The fraction of sp³-hybridized carbons (Fsp3) is 0.875. The summed E-state index contributed by atoms with van der Waals surface area (Å²) in [4.78, 5) is 56.6. The lowest BCUT2D eigenvalue weighted by Gasteiger charge is -2.37. The minimum absolute atomic E-state index is 0.0465. The second kappa shape index (κ2) is 15.2. The van der Waals surface area contributed by atoms with Crippen LogP contribution in [0.1, 0.15) is 142 Å². The quantitative estimate of drug-likeness (QED) is 0.169. The molecule has 0 heterocycles. The molecule has 4 aliphatic rings. The van der Waals surface area contributed by atoms with Gasteiger partial charge in [0.15, 0.2) is 0 Å². The number of esters is 4. The van der Waals surface area contributed by atoms with Crippen molar-refractivity contribution in [1.29, 1.82) is 0 Å². The standard InChI is InChI=1S/C32H50O8/c1-2-27(28(33)37-23-15-7-3-8-16-23)32(29(34)38-24-17-9-4-10-18-24,30(35)39-25-19-11-5-12-20-25)31(36)40-26-21-13-6-14-22-26/h23-27H,2-22H2,1H3. The van der Waals surface area contributed by atoms with Crippen LogP contribution in [0.4, 0.5) is 0 Å². The van der Waals surface area contributed by atoms with E-state index in [1.807, 2.05) is 0 Å². The van der Waals surface area contributed by atoms with E-state index in [9.17, 15) is 19.2 Å². The van der Waals surface area contributed by atoms with Crippen molar-refractivity contribution in [3.8, 4) is 0 Å². The Kier molecular flexibility index (Phi) is 11.7. The van der Waals surface area contributed by atoms with Crippen LogP contribution in [0, 0.1) is 11.3 Å². The van der Waals surface area contributed by atoms with E-state index in [2.05, 4.69) is 0 Å². The van der Waals surface area contributed by atoms with E-state index in [0.29, 0.717) is 38.5 Å². The van der Waals surface area contributed by atoms with Crippen LogP contribution in [0.2, 0.25) is 0 Å². The summed E-state index contributed by atoms with van der Waals surface area (Å²) in [5.41, 5.74) is -2.53. The lowest BCUT2D eigenvalue weighted by atomic mass is 9.73. The molecule has 0 bridgehead atoms. The summed E-state index contributed by atoms with van der Waals surface area (Å²) >= 11 is 0. The zero-order chi connectivity index (χ0) is 28.4. The molecule has 0 aromatic heterocycles. The van der Waals surface area contributed by atoms with Gasteiger partial charge in [-0.2, -0.15) is 0 Å². The molecule has 4 fully saturated rings. The zero-order valence-corrected chi connectivity index (χ0v) is 24.5. The summed E-state index contributed by atoms with van der Waals surface area (Å²) < 4.78 is 23.8. The van der Waals surface area contributed by atoms with Gasteiger partial charge in [-0.3, -0.25) is 19.2 Å². The average Bonchev–Trinajstić information content (AvgIpc) is 2.97. The first-order valence-electron chi connectivity index (χ1n) is 16.3. The molecule has 0 aromatic rings. The van der Waals surface area contributed by atoms with Gasteiger partial charge < -0.3 is 18.9 Å². The van der Waals surface area contributed by atoms with Gasteiger partial charge in [0, 0.05) is 0 Å². The van der Waals surface area contributed by atoms with Gasteiger partial charge in [-0.1, -0.05) is 32.6 Å². The summed E-state index contributed by atoms with van der Waals surface area (Å²) in [5.74, 6) is -5.11. The van der Waals surface area contributed by atoms with Crippen molar-refractivity contribution < 1.29 is 38.1 Å². The Hall–Kier alpha value is -2.12. The maximum atomic E-state index is 14.3. The van der Waals surface area contributed by atoms with Crippen molar-refractivity contribution in [2.45, 2.75) is 166 Å². The summed E-state index contributed by atoms with van der Waals surface area (Å²) in [5, 5.41) is 0. The van der Waals surface area contributed by atoms with Crippen molar-refractivity contribution in [3.63, 3.8) is 0 Å². The first-order valence-corrected chi connectivity index (χ1v) is 16.3. The van der Waals surface area contributed by atoms with Gasteiger partial charge in [0.2, 0.25) is 0 Å². The highest BCUT2D eigenvalue weighted by Gasteiger charge is 2.66. The average molecular weight is 563 g/mol. The first-order chi connectivity index (χ1) is 19.4. The molecule has 226 valence electrons. The molecule has 4 rings (SSSR count).